The van der Waals surface area contributed by atoms with E-state index in [0.717, 1.165) is 34.5 Å². The van der Waals surface area contributed by atoms with Gasteiger partial charge in [0.2, 0.25) is 0 Å². The first-order chi connectivity index (χ1) is 13.1. The molecule has 5 nitrogen and oxygen atoms in total. The number of aliphatic hydroxyl groups is 1. The van der Waals surface area contributed by atoms with Crippen molar-refractivity contribution in [1.82, 2.24) is 9.55 Å². The van der Waals surface area contributed by atoms with Crippen LogP contribution < -0.4 is 5.32 Å². The van der Waals surface area contributed by atoms with Crippen molar-refractivity contribution in [3.05, 3.63) is 66.5 Å². The standard InChI is InChI=1S/C21H23N3O2S/c1-15(2)19-23-20(27-21(26)22-17-11-7-4-8-12-17)18(24(19)13-14-25)16-9-5-3-6-10-16/h3-12,15,25H,13-14H2,1-2H3,(H,22,26). The fourth-order valence-corrected chi connectivity index (χ4v) is 3.72. The van der Waals surface area contributed by atoms with Gasteiger partial charge >= 0.3 is 0 Å². The second-order valence-corrected chi connectivity index (χ2v) is 7.36. The van der Waals surface area contributed by atoms with E-state index in [1.165, 1.54) is 0 Å². The summed E-state index contributed by atoms with van der Waals surface area (Å²) in [5.74, 6) is 1.03. The number of carbonyl (C=O) groups is 1. The van der Waals surface area contributed by atoms with Gasteiger partial charge in [0.1, 0.15) is 10.9 Å². The number of nitrogens with one attached hydrogen (secondary N) is 1. The SMILES string of the molecule is CC(C)c1nc(SC(=O)Nc2ccccc2)c(-c2ccccc2)n1CCO. The molecule has 2 N–H and O–H groups in total. The van der Waals surface area contributed by atoms with Crippen molar-refractivity contribution in [3.8, 4) is 11.3 Å². The molecule has 0 aliphatic heterocycles. The highest BCUT2D eigenvalue weighted by molar-refractivity contribution is 8.14. The number of benzene rings is 2. The molecule has 3 aromatic rings. The molecule has 2 aromatic carbocycles. The predicted molar refractivity (Wildman–Crippen MR) is 110 cm³/mol. The number of rotatable bonds is 6. The highest BCUT2D eigenvalue weighted by Crippen LogP contribution is 2.35. The number of thioether (sulfide) groups is 1. The van der Waals surface area contributed by atoms with Gasteiger partial charge in [-0.3, -0.25) is 4.79 Å². The van der Waals surface area contributed by atoms with Crippen molar-refractivity contribution >= 4 is 22.7 Å². The minimum atomic E-state index is -0.192. The number of amides is 1. The number of hydrogen-bond donors (Lipinski definition) is 2. The second-order valence-electron chi connectivity index (χ2n) is 6.40. The van der Waals surface area contributed by atoms with Gasteiger partial charge in [-0.1, -0.05) is 62.4 Å². The highest BCUT2D eigenvalue weighted by atomic mass is 32.2. The number of nitrogens with zero attached hydrogens (tertiary/aromatic N) is 2. The zero-order chi connectivity index (χ0) is 19.2. The smallest absolute Gasteiger partial charge is 0.289 e. The average Bonchev–Trinajstić information content (AvgIpc) is 3.01. The largest absolute Gasteiger partial charge is 0.395 e. The quantitative estimate of drug-likeness (QED) is 0.590. The molecule has 0 saturated carbocycles. The lowest BCUT2D eigenvalue weighted by Crippen LogP contribution is -2.09. The van der Waals surface area contributed by atoms with E-state index in [1.807, 2.05) is 65.2 Å². The van der Waals surface area contributed by atoms with E-state index in [4.69, 9.17) is 4.98 Å². The number of aliphatic hydroxyl groups excluding tert-OH is 1. The molecule has 1 amide bonds. The van der Waals surface area contributed by atoms with Crippen molar-refractivity contribution in [1.29, 1.82) is 0 Å². The first kappa shape index (κ1) is 19.2. The van der Waals surface area contributed by atoms with Gasteiger partial charge in [0.25, 0.3) is 5.24 Å². The third-order valence-corrected chi connectivity index (χ3v) is 4.83. The van der Waals surface area contributed by atoms with Gasteiger partial charge in [0.15, 0.2) is 0 Å². The zero-order valence-corrected chi connectivity index (χ0v) is 16.2. The van der Waals surface area contributed by atoms with Crippen LogP contribution in [-0.4, -0.2) is 26.5 Å². The minimum absolute atomic E-state index is 0.0102. The van der Waals surface area contributed by atoms with Crippen LogP contribution in [0.25, 0.3) is 11.3 Å². The Morgan fingerprint density at radius 1 is 1.11 bits per heavy atom. The molecule has 0 atom stereocenters. The third-order valence-electron chi connectivity index (χ3n) is 4.06. The highest BCUT2D eigenvalue weighted by Gasteiger charge is 2.22. The number of aromatic nitrogens is 2. The van der Waals surface area contributed by atoms with Crippen LogP contribution in [0.3, 0.4) is 0 Å². The van der Waals surface area contributed by atoms with Crippen LogP contribution in [0.2, 0.25) is 0 Å². The Hall–Kier alpha value is -2.57. The summed E-state index contributed by atoms with van der Waals surface area (Å²) in [5, 5.41) is 12.9. The average molecular weight is 382 g/mol. The van der Waals surface area contributed by atoms with E-state index in [2.05, 4.69) is 19.2 Å². The first-order valence-electron chi connectivity index (χ1n) is 8.90. The lowest BCUT2D eigenvalue weighted by Gasteiger charge is -2.13. The van der Waals surface area contributed by atoms with Crippen molar-refractivity contribution in [3.63, 3.8) is 0 Å². The Balaban J connectivity index is 1.98. The number of anilines is 1. The zero-order valence-electron chi connectivity index (χ0n) is 15.4. The predicted octanol–water partition coefficient (Wildman–Crippen LogP) is 4.99. The van der Waals surface area contributed by atoms with Crippen LogP contribution in [0.4, 0.5) is 10.5 Å². The van der Waals surface area contributed by atoms with Crippen LogP contribution in [0.15, 0.2) is 65.7 Å². The first-order valence-corrected chi connectivity index (χ1v) is 9.72. The monoisotopic (exact) mass is 381 g/mol. The van der Waals surface area contributed by atoms with Crippen LogP contribution in [0, 0.1) is 0 Å². The molecule has 27 heavy (non-hydrogen) atoms. The second kappa shape index (κ2) is 8.88. The topological polar surface area (TPSA) is 67.2 Å². The molecule has 0 aliphatic rings. The van der Waals surface area contributed by atoms with E-state index in [1.54, 1.807) is 0 Å². The summed E-state index contributed by atoms with van der Waals surface area (Å²) >= 11 is 1.07. The fraction of sp³-hybridized carbons (Fsp3) is 0.238. The molecule has 0 bridgehead atoms. The fourth-order valence-electron chi connectivity index (χ4n) is 2.91. The van der Waals surface area contributed by atoms with Gasteiger partial charge in [-0.15, -0.1) is 0 Å². The van der Waals surface area contributed by atoms with E-state index in [9.17, 15) is 9.90 Å². The van der Waals surface area contributed by atoms with Gasteiger partial charge in [-0.25, -0.2) is 4.98 Å². The summed E-state index contributed by atoms with van der Waals surface area (Å²) in [6.45, 7) is 4.56. The summed E-state index contributed by atoms with van der Waals surface area (Å²) < 4.78 is 2.01. The maximum Gasteiger partial charge on any atom is 0.289 e. The van der Waals surface area contributed by atoms with Gasteiger partial charge in [-0.2, -0.15) is 0 Å². The number of hydrogen-bond acceptors (Lipinski definition) is 4. The Bertz CT molecular complexity index is 893. The van der Waals surface area contributed by atoms with Gasteiger partial charge in [0, 0.05) is 23.7 Å². The molecule has 0 saturated heterocycles. The molecule has 0 radical (unpaired) electrons. The molecule has 1 heterocycles. The molecule has 0 unspecified atom stereocenters. The van der Waals surface area contributed by atoms with Gasteiger partial charge in [-0.05, 0) is 23.9 Å². The maximum atomic E-state index is 12.6. The van der Waals surface area contributed by atoms with Crippen molar-refractivity contribution < 1.29 is 9.90 Å². The molecular weight excluding hydrogens is 358 g/mol. The minimum Gasteiger partial charge on any atom is -0.395 e. The van der Waals surface area contributed by atoms with Crippen molar-refractivity contribution in [2.75, 3.05) is 11.9 Å². The van der Waals surface area contributed by atoms with E-state index in [0.29, 0.717) is 11.6 Å². The number of para-hydroxylation sites is 1. The summed E-state index contributed by atoms with van der Waals surface area (Å²) in [6.07, 6.45) is 0. The lowest BCUT2D eigenvalue weighted by molar-refractivity contribution is 0.269. The van der Waals surface area contributed by atoms with Crippen molar-refractivity contribution in [2.24, 2.45) is 0 Å². The summed E-state index contributed by atoms with van der Waals surface area (Å²) in [5.41, 5.74) is 2.58. The third kappa shape index (κ3) is 4.59. The summed E-state index contributed by atoms with van der Waals surface area (Å²) in [4.78, 5) is 17.3. The van der Waals surface area contributed by atoms with Crippen LogP contribution in [0.1, 0.15) is 25.6 Å². The van der Waals surface area contributed by atoms with Crippen LogP contribution >= 0.6 is 11.8 Å². The number of imidazole rings is 1. The van der Waals surface area contributed by atoms with Crippen LogP contribution in [-0.2, 0) is 6.54 Å². The van der Waals surface area contributed by atoms with E-state index in [-0.39, 0.29) is 17.8 Å². The van der Waals surface area contributed by atoms with Crippen molar-refractivity contribution in [2.45, 2.75) is 31.3 Å². The lowest BCUT2D eigenvalue weighted by atomic mass is 10.1. The molecule has 3 rings (SSSR count). The maximum absolute atomic E-state index is 12.6. The summed E-state index contributed by atoms with van der Waals surface area (Å²) in [7, 11) is 0. The summed E-state index contributed by atoms with van der Waals surface area (Å²) in [6, 6.07) is 19.2. The molecule has 0 spiro atoms. The molecule has 6 heteroatoms. The Kier molecular flexibility index (Phi) is 6.32. The molecule has 0 fully saturated rings. The van der Waals surface area contributed by atoms with Crippen LogP contribution in [0.5, 0.6) is 0 Å². The van der Waals surface area contributed by atoms with Gasteiger partial charge in [0.05, 0.1) is 12.3 Å². The molecular formula is C21H23N3O2S. The Morgan fingerprint density at radius 3 is 2.33 bits per heavy atom. The molecule has 1 aromatic heterocycles. The normalized spacial score (nSPS) is 11.0. The number of carbonyl (C=O) groups excluding carboxylic acids is 1. The van der Waals surface area contributed by atoms with Gasteiger partial charge < -0.3 is 15.0 Å². The van der Waals surface area contributed by atoms with E-state index < -0.39 is 0 Å². The Labute approximate surface area is 163 Å². The molecule has 140 valence electrons. The molecule has 0 aliphatic carbocycles. The Morgan fingerprint density at radius 2 is 1.74 bits per heavy atom. The van der Waals surface area contributed by atoms with E-state index >= 15 is 0 Å².